The topological polar surface area (TPSA) is 75.8 Å². The van der Waals surface area contributed by atoms with Crippen LogP contribution in [0.4, 0.5) is 0 Å². The number of nitrogens with two attached hydrogens (primary N) is 1. The number of oxazole rings is 1. The minimum Gasteiger partial charge on any atom is -0.443 e. The van der Waals surface area contributed by atoms with Crippen molar-refractivity contribution in [1.29, 1.82) is 5.26 Å². The number of hydrogen-bond donors (Lipinski definition) is 1. The number of fused-ring (bicyclic) bond motifs is 1. The van der Waals surface area contributed by atoms with Crippen LogP contribution in [-0.4, -0.2) is 4.98 Å². The Balaban J connectivity index is 2.35. The fraction of sp³-hybridized carbons (Fsp3) is 0.385. The lowest BCUT2D eigenvalue weighted by molar-refractivity contribution is 0.403. The summed E-state index contributed by atoms with van der Waals surface area (Å²) in [5.41, 5.74) is 8.55. The van der Waals surface area contributed by atoms with Crippen LogP contribution in [-0.2, 0) is 0 Å². The zero-order chi connectivity index (χ0) is 12.4. The van der Waals surface area contributed by atoms with Gasteiger partial charge >= 0.3 is 0 Å². The van der Waals surface area contributed by atoms with Crippen LogP contribution in [0.5, 0.6) is 0 Å². The van der Waals surface area contributed by atoms with E-state index >= 15 is 0 Å². The second-order valence-electron chi connectivity index (χ2n) is 4.50. The quantitative estimate of drug-likeness (QED) is 0.877. The van der Waals surface area contributed by atoms with Gasteiger partial charge in [0.05, 0.1) is 12.0 Å². The molecular formula is C13H15N3O. The van der Waals surface area contributed by atoms with Crippen molar-refractivity contribution in [1.82, 2.24) is 4.98 Å². The fourth-order valence-corrected chi connectivity index (χ4v) is 1.93. The Kier molecular flexibility index (Phi) is 3.12. The maximum absolute atomic E-state index is 9.14. The Hall–Kier alpha value is -1.86. The first-order chi connectivity index (χ1) is 8.13. The number of rotatable bonds is 3. The first-order valence-electron chi connectivity index (χ1n) is 5.62. The smallest absolute Gasteiger partial charge is 0.181 e. The van der Waals surface area contributed by atoms with Gasteiger partial charge in [-0.1, -0.05) is 19.9 Å². The van der Waals surface area contributed by atoms with Gasteiger partial charge in [-0.3, -0.25) is 0 Å². The molecule has 0 spiro atoms. The van der Waals surface area contributed by atoms with Crippen LogP contribution in [0.3, 0.4) is 0 Å². The van der Waals surface area contributed by atoms with Gasteiger partial charge in [0.25, 0.3) is 0 Å². The van der Waals surface area contributed by atoms with Crippen LogP contribution in [0.15, 0.2) is 29.0 Å². The van der Waals surface area contributed by atoms with Crippen molar-refractivity contribution in [2.24, 2.45) is 17.6 Å². The molecule has 2 N–H and O–H groups in total. The zero-order valence-corrected chi connectivity index (χ0v) is 9.92. The van der Waals surface area contributed by atoms with Crippen molar-refractivity contribution in [3.63, 3.8) is 0 Å². The largest absolute Gasteiger partial charge is 0.443 e. The van der Waals surface area contributed by atoms with Gasteiger partial charge in [-0.15, -0.1) is 0 Å². The van der Waals surface area contributed by atoms with Gasteiger partial charge < -0.3 is 10.2 Å². The van der Waals surface area contributed by atoms with Crippen molar-refractivity contribution in [2.45, 2.75) is 19.9 Å². The number of nitriles is 1. The maximum Gasteiger partial charge on any atom is 0.181 e. The van der Waals surface area contributed by atoms with E-state index in [4.69, 9.17) is 15.4 Å². The molecule has 4 nitrogen and oxygen atoms in total. The summed E-state index contributed by atoms with van der Waals surface area (Å²) in [6, 6.07) is 7.60. The van der Waals surface area contributed by atoms with Crippen LogP contribution in [0.1, 0.15) is 25.5 Å². The lowest BCUT2D eigenvalue weighted by Crippen LogP contribution is -2.24. The van der Waals surface area contributed by atoms with E-state index in [0.717, 1.165) is 11.1 Å². The highest BCUT2D eigenvalue weighted by Crippen LogP contribution is 2.27. The van der Waals surface area contributed by atoms with E-state index in [1.807, 2.05) is 32.0 Å². The van der Waals surface area contributed by atoms with Crippen LogP contribution in [0.25, 0.3) is 11.1 Å². The van der Waals surface area contributed by atoms with E-state index < -0.39 is 0 Å². The van der Waals surface area contributed by atoms with Crippen molar-refractivity contribution >= 4 is 11.1 Å². The third-order valence-corrected chi connectivity index (χ3v) is 2.99. The van der Waals surface area contributed by atoms with Gasteiger partial charge in [0, 0.05) is 6.04 Å². The maximum atomic E-state index is 9.14. The fourth-order valence-electron chi connectivity index (χ4n) is 1.93. The number of hydrogen-bond acceptors (Lipinski definition) is 4. The molecule has 2 unspecified atom stereocenters. The van der Waals surface area contributed by atoms with Gasteiger partial charge in [-0.05, 0) is 23.6 Å². The minimum atomic E-state index is -0.297. The summed E-state index contributed by atoms with van der Waals surface area (Å²) in [6.45, 7) is 4.00. The molecule has 0 aliphatic rings. The van der Waals surface area contributed by atoms with Crippen LogP contribution in [0.2, 0.25) is 0 Å². The lowest BCUT2D eigenvalue weighted by Gasteiger charge is -2.20. The monoisotopic (exact) mass is 229 g/mol. The first-order valence-corrected chi connectivity index (χ1v) is 5.62. The highest BCUT2D eigenvalue weighted by Gasteiger charge is 2.22. The molecule has 2 aromatic rings. The molecule has 1 heterocycles. The van der Waals surface area contributed by atoms with Gasteiger partial charge in [-0.25, -0.2) is 4.98 Å². The molecule has 0 radical (unpaired) electrons. The van der Waals surface area contributed by atoms with E-state index in [2.05, 4.69) is 11.1 Å². The molecule has 0 fully saturated rings. The molecule has 0 saturated heterocycles. The number of nitrogens with zero attached hydrogens (tertiary/aromatic N) is 2. The van der Waals surface area contributed by atoms with Crippen molar-refractivity contribution in [3.05, 3.63) is 30.2 Å². The lowest BCUT2D eigenvalue weighted by atomic mass is 9.86. The average molecular weight is 229 g/mol. The van der Waals surface area contributed by atoms with Gasteiger partial charge in [-0.2, -0.15) is 5.26 Å². The predicted octanol–water partition coefficient (Wildman–Crippen LogP) is 2.62. The van der Waals surface area contributed by atoms with E-state index in [-0.39, 0.29) is 17.9 Å². The first kappa shape index (κ1) is 11.6. The summed E-state index contributed by atoms with van der Waals surface area (Å²) in [5, 5.41) is 9.14. The standard InChI is InChI=1S/C13H15N3O/c1-8(2)10(6-14)13(15)9-3-4-11-12(5-9)17-7-16-11/h3-5,7-8,10,13H,15H2,1-2H3. The second kappa shape index (κ2) is 4.56. The number of aromatic nitrogens is 1. The summed E-state index contributed by atoms with van der Waals surface area (Å²) in [5.74, 6) is 0.0239. The van der Waals surface area contributed by atoms with E-state index in [1.54, 1.807) is 0 Å². The van der Waals surface area contributed by atoms with Crippen molar-refractivity contribution in [2.75, 3.05) is 0 Å². The Morgan fingerprint density at radius 2 is 2.18 bits per heavy atom. The minimum absolute atomic E-state index is 0.199. The molecule has 88 valence electrons. The molecule has 4 heteroatoms. The summed E-state index contributed by atoms with van der Waals surface area (Å²) in [4.78, 5) is 4.05. The summed E-state index contributed by atoms with van der Waals surface area (Å²) >= 11 is 0. The Morgan fingerprint density at radius 1 is 1.41 bits per heavy atom. The zero-order valence-electron chi connectivity index (χ0n) is 9.92. The molecule has 0 aliphatic carbocycles. The van der Waals surface area contributed by atoms with Crippen LogP contribution >= 0.6 is 0 Å². The van der Waals surface area contributed by atoms with Crippen molar-refractivity contribution in [3.8, 4) is 6.07 Å². The van der Waals surface area contributed by atoms with Crippen LogP contribution in [0, 0.1) is 23.2 Å². The third-order valence-electron chi connectivity index (χ3n) is 2.99. The molecule has 0 bridgehead atoms. The molecular weight excluding hydrogens is 214 g/mol. The van der Waals surface area contributed by atoms with Crippen molar-refractivity contribution < 1.29 is 4.42 Å². The Bertz CT molecular complexity index is 553. The number of benzene rings is 1. The van der Waals surface area contributed by atoms with E-state index in [1.165, 1.54) is 6.39 Å². The van der Waals surface area contributed by atoms with Gasteiger partial charge in [0.1, 0.15) is 5.52 Å². The summed E-state index contributed by atoms with van der Waals surface area (Å²) < 4.78 is 5.23. The molecule has 1 aromatic heterocycles. The molecule has 1 aromatic carbocycles. The SMILES string of the molecule is CC(C)C(C#N)C(N)c1ccc2ncoc2c1. The summed E-state index contributed by atoms with van der Waals surface area (Å²) in [6.07, 6.45) is 1.41. The molecule has 0 aliphatic heterocycles. The molecule has 0 saturated carbocycles. The highest BCUT2D eigenvalue weighted by molar-refractivity contribution is 5.72. The van der Waals surface area contributed by atoms with E-state index in [9.17, 15) is 0 Å². The normalized spacial score (nSPS) is 14.8. The third kappa shape index (κ3) is 2.15. The van der Waals surface area contributed by atoms with E-state index in [0.29, 0.717) is 5.58 Å². The second-order valence-corrected chi connectivity index (χ2v) is 4.50. The molecule has 2 atom stereocenters. The Labute approximate surface area is 100 Å². The molecule has 0 amide bonds. The van der Waals surface area contributed by atoms with Crippen LogP contribution < -0.4 is 5.73 Å². The average Bonchev–Trinajstić information content (AvgIpc) is 2.75. The molecule has 2 rings (SSSR count). The summed E-state index contributed by atoms with van der Waals surface area (Å²) in [7, 11) is 0. The molecule has 17 heavy (non-hydrogen) atoms. The Morgan fingerprint density at radius 3 is 2.82 bits per heavy atom. The van der Waals surface area contributed by atoms with Gasteiger partial charge in [0.2, 0.25) is 0 Å². The predicted molar refractivity (Wildman–Crippen MR) is 64.9 cm³/mol. The highest BCUT2D eigenvalue weighted by atomic mass is 16.3. The van der Waals surface area contributed by atoms with Gasteiger partial charge in [0.15, 0.2) is 12.0 Å².